The van der Waals surface area contributed by atoms with Crippen LogP contribution in [0.4, 0.5) is 0 Å². The van der Waals surface area contributed by atoms with E-state index < -0.39 is 0 Å². The summed E-state index contributed by atoms with van der Waals surface area (Å²) >= 11 is 0. The molecular formula is C11H19N3. The molecule has 0 amide bonds. The highest BCUT2D eigenvalue weighted by molar-refractivity contribution is 5.94. The summed E-state index contributed by atoms with van der Waals surface area (Å²) in [4.78, 5) is 0. The van der Waals surface area contributed by atoms with Crippen molar-refractivity contribution >= 4 is 5.84 Å². The summed E-state index contributed by atoms with van der Waals surface area (Å²) in [7, 11) is 1.90. The Morgan fingerprint density at radius 1 is 1.29 bits per heavy atom. The summed E-state index contributed by atoms with van der Waals surface area (Å²) in [6.07, 6.45) is 0. The normalized spacial score (nSPS) is 8.79. The number of hydrogen-bond acceptors (Lipinski definition) is 2. The molecule has 0 saturated heterocycles. The molecule has 4 N–H and O–H groups in total. The van der Waals surface area contributed by atoms with Gasteiger partial charge >= 0.3 is 0 Å². The Hall–Kier alpha value is -1.35. The molecule has 0 aromatic heterocycles. The maximum absolute atomic E-state index is 7.17. The van der Waals surface area contributed by atoms with Crippen molar-refractivity contribution < 1.29 is 0 Å². The number of nitrogens with one attached hydrogen (secondary N) is 2. The van der Waals surface area contributed by atoms with Crippen molar-refractivity contribution in [2.75, 3.05) is 7.05 Å². The first-order valence-electron chi connectivity index (χ1n) is 4.82. The predicted molar refractivity (Wildman–Crippen MR) is 61.6 cm³/mol. The molecule has 1 rings (SSSR count). The summed E-state index contributed by atoms with van der Waals surface area (Å²) in [6, 6.07) is 7.64. The molecule has 3 nitrogen and oxygen atoms in total. The first kappa shape index (κ1) is 12.7. The third-order valence-corrected chi connectivity index (χ3v) is 1.65. The van der Waals surface area contributed by atoms with Gasteiger partial charge in [0.15, 0.2) is 0 Å². The quantitative estimate of drug-likeness (QED) is 0.505. The van der Waals surface area contributed by atoms with E-state index in [1.54, 1.807) is 0 Å². The van der Waals surface area contributed by atoms with Gasteiger partial charge in [-0.2, -0.15) is 0 Å². The molecule has 0 heterocycles. The number of nitrogens with two attached hydrogens (primary N) is 1. The van der Waals surface area contributed by atoms with Crippen LogP contribution in [0.15, 0.2) is 24.3 Å². The third kappa shape index (κ3) is 4.05. The second-order valence-corrected chi connectivity index (χ2v) is 2.64. The minimum atomic E-state index is 0.117. The molecule has 78 valence electrons. The van der Waals surface area contributed by atoms with Gasteiger partial charge in [0.05, 0.1) is 0 Å². The zero-order chi connectivity index (χ0) is 11.0. The predicted octanol–water partition coefficient (Wildman–Crippen LogP) is 1.72. The minimum absolute atomic E-state index is 0.117. The molecule has 0 spiro atoms. The molecule has 0 aliphatic heterocycles. The molecule has 0 unspecified atom stereocenters. The molecule has 0 aliphatic rings. The molecule has 0 fully saturated rings. The van der Waals surface area contributed by atoms with Gasteiger partial charge in [0.25, 0.3) is 0 Å². The highest BCUT2D eigenvalue weighted by Crippen LogP contribution is 2.02. The van der Waals surface area contributed by atoms with Gasteiger partial charge in [-0.25, -0.2) is 0 Å². The van der Waals surface area contributed by atoms with Crippen molar-refractivity contribution in [1.29, 1.82) is 5.41 Å². The lowest BCUT2D eigenvalue weighted by Crippen LogP contribution is -2.11. The lowest BCUT2D eigenvalue weighted by molar-refractivity contribution is 0.818. The highest BCUT2D eigenvalue weighted by Gasteiger charge is 1.95. The zero-order valence-corrected chi connectivity index (χ0v) is 9.09. The number of benzene rings is 1. The molecule has 0 atom stereocenters. The van der Waals surface area contributed by atoms with Crippen molar-refractivity contribution in [1.82, 2.24) is 5.32 Å². The Bertz CT molecular complexity index is 264. The Morgan fingerprint density at radius 2 is 1.79 bits per heavy atom. The number of nitrogen functional groups attached to an aromatic ring is 1. The van der Waals surface area contributed by atoms with E-state index in [0.29, 0.717) is 0 Å². The van der Waals surface area contributed by atoms with Crippen LogP contribution in [-0.4, -0.2) is 12.9 Å². The third-order valence-electron chi connectivity index (χ3n) is 1.65. The largest absolute Gasteiger partial charge is 0.384 e. The Balaban J connectivity index is 0.000000791. The van der Waals surface area contributed by atoms with Gasteiger partial charge in [-0.3, -0.25) is 5.41 Å². The van der Waals surface area contributed by atoms with E-state index in [2.05, 4.69) is 5.32 Å². The van der Waals surface area contributed by atoms with Crippen LogP contribution in [0.2, 0.25) is 0 Å². The first-order valence-corrected chi connectivity index (χ1v) is 4.82. The summed E-state index contributed by atoms with van der Waals surface area (Å²) in [5, 5.41) is 10.2. The Morgan fingerprint density at radius 3 is 2.14 bits per heavy atom. The van der Waals surface area contributed by atoms with Gasteiger partial charge in [0, 0.05) is 12.1 Å². The molecule has 0 saturated carbocycles. The molecule has 1 aromatic rings. The second-order valence-electron chi connectivity index (χ2n) is 2.64. The summed E-state index contributed by atoms with van der Waals surface area (Å²) < 4.78 is 0. The van der Waals surface area contributed by atoms with Crippen LogP contribution in [0.1, 0.15) is 25.0 Å². The molecule has 3 heteroatoms. The van der Waals surface area contributed by atoms with Gasteiger partial charge in [-0.1, -0.05) is 38.1 Å². The molecule has 0 bridgehead atoms. The SMILES string of the molecule is CC.CNCc1ccc(C(=N)N)cc1. The Labute approximate surface area is 85.8 Å². The van der Waals surface area contributed by atoms with E-state index >= 15 is 0 Å². The van der Waals surface area contributed by atoms with E-state index in [0.717, 1.165) is 12.1 Å². The number of rotatable bonds is 3. The van der Waals surface area contributed by atoms with Crippen LogP contribution in [0.25, 0.3) is 0 Å². The molecule has 1 aromatic carbocycles. The molecule has 14 heavy (non-hydrogen) atoms. The lowest BCUT2D eigenvalue weighted by atomic mass is 10.1. The standard InChI is InChI=1S/C9H13N3.C2H6/c1-12-6-7-2-4-8(5-3-7)9(10)11;1-2/h2-5,12H,6H2,1H3,(H3,10,11);1-2H3. The van der Waals surface area contributed by atoms with E-state index in [9.17, 15) is 0 Å². The molecule has 0 aliphatic carbocycles. The van der Waals surface area contributed by atoms with Gasteiger partial charge in [-0.15, -0.1) is 0 Å². The zero-order valence-electron chi connectivity index (χ0n) is 9.09. The fourth-order valence-corrected chi connectivity index (χ4v) is 1.01. The van der Waals surface area contributed by atoms with Crippen LogP contribution in [0.3, 0.4) is 0 Å². The van der Waals surface area contributed by atoms with E-state index in [4.69, 9.17) is 11.1 Å². The van der Waals surface area contributed by atoms with Crippen molar-refractivity contribution in [3.8, 4) is 0 Å². The topological polar surface area (TPSA) is 61.9 Å². The van der Waals surface area contributed by atoms with E-state index in [1.165, 1.54) is 5.56 Å². The van der Waals surface area contributed by atoms with Crippen LogP contribution in [0, 0.1) is 5.41 Å². The smallest absolute Gasteiger partial charge is 0.122 e. The van der Waals surface area contributed by atoms with Gasteiger partial charge in [0.1, 0.15) is 5.84 Å². The summed E-state index contributed by atoms with van der Waals surface area (Å²) in [6.45, 7) is 4.85. The van der Waals surface area contributed by atoms with E-state index in [1.807, 2.05) is 45.2 Å². The van der Waals surface area contributed by atoms with Gasteiger partial charge in [0.2, 0.25) is 0 Å². The summed E-state index contributed by atoms with van der Waals surface area (Å²) in [5.41, 5.74) is 7.28. The van der Waals surface area contributed by atoms with Crippen LogP contribution >= 0.6 is 0 Å². The van der Waals surface area contributed by atoms with E-state index in [-0.39, 0.29) is 5.84 Å². The van der Waals surface area contributed by atoms with Crippen molar-refractivity contribution in [2.45, 2.75) is 20.4 Å². The van der Waals surface area contributed by atoms with Crippen LogP contribution in [0.5, 0.6) is 0 Å². The molecular weight excluding hydrogens is 174 g/mol. The number of hydrogen-bond donors (Lipinski definition) is 3. The van der Waals surface area contributed by atoms with Crippen molar-refractivity contribution in [3.63, 3.8) is 0 Å². The first-order chi connectivity index (χ1) is 6.74. The van der Waals surface area contributed by atoms with Crippen LogP contribution in [-0.2, 0) is 6.54 Å². The maximum Gasteiger partial charge on any atom is 0.122 e. The molecule has 0 radical (unpaired) electrons. The fourth-order valence-electron chi connectivity index (χ4n) is 1.01. The van der Waals surface area contributed by atoms with Crippen molar-refractivity contribution in [2.24, 2.45) is 5.73 Å². The average molecular weight is 193 g/mol. The van der Waals surface area contributed by atoms with Gasteiger partial charge in [-0.05, 0) is 12.6 Å². The van der Waals surface area contributed by atoms with Gasteiger partial charge < -0.3 is 11.1 Å². The monoisotopic (exact) mass is 193 g/mol. The Kier molecular flexibility index (Phi) is 6.41. The minimum Gasteiger partial charge on any atom is -0.384 e. The van der Waals surface area contributed by atoms with Crippen molar-refractivity contribution in [3.05, 3.63) is 35.4 Å². The lowest BCUT2D eigenvalue weighted by Gasteiger charge is -2.01. The van der Waals surface area contributed by atoms with Crippen LogP contribution < -0.4 is 11.1 Å². The highest BCUT2D eigenvalue weighted by atomic mass is 14.8. The maximum atomic E-state index is 7.17. The number of amidine groups is 1. The second kappa shape index (κ2) is 7.09. The summed E-state index contributed by atoms with van der Waals surface area (Å²) in [5.74, 6) is 0.117. The fraction of sp³-hybridized carbons (Fsp3) is 0.364. The average Bonchev–Trinajstić information content (AvgIpc) is 2.22.